The fraction of sp³-hybridized carbons (Fsp3) is 0.542. The first-order chi connectivity index (χ1) is 32.1. The SMILES string of the molecule is CNC(C)C(=O)N[C@H](C(=O)N1CCN(C(=O)c2cc3cc(F)ccc3n2CC(=O)N2CCCC2COc2cc(CN3CCC(Oc4ccnc5ccsc45)CC3)on2)CC1)C1CCCCC1. The number of pyridine rings is 1. The second-order valence-electron chi connectivity index (χ2n) is 18.2. The molecule has 0 spiro atoms. The summed E-state index contributed by atoms with van der Waals surface area (Å²) in [5.41, 5.74) is 1.82. The van der Waals surface area contributed by atoms with E-state index in [4.69, 9.17) is 14.0 Å². The molecule has 4 aromatic heterocycles. The van der Waals surface area contributed by atoms with E-state index in [0.29, 0.717) is 48.7 Å². The Kier molecular flexibility index (Phi) is 14.2. The van der Waals surface area contributed by atoms with Gasteiger partial charge < -0.3 is 43.9 Å². The molecule has 18 heteroatoms. The number of thiophene rings is 1. The van der Waals surface area contributed by atoms with E-state index in [1.54, 1.807) is 62.9 Å². The van der Waals surface area contributed by atoms with E-state index in [1.807, 2.05) is 23.6 Å². The maximum atomic E-state index is 14.5. The lowest BCUT2D eigenvalue weighted by Crippen LogP contribution is -2.59. The van der Waals surface area contributed by atoms with Crippen LogP contribution in [0.15, 0.2) is 58.6 Å². The minimum atomic E-state index is -0.621. The normalized spacial score (nSPS) is 19.9. The molecular weight excluding hydrogens is 866 g/mol. The quantitative estimate of drug-likeness (QED) is 0.137. The third-order valence-electron chi connectivity index (χ3n) is 13.9. The van der Waals surface area contributed by atoms with E-state index in [9.17, 15) is 23.6 Å². The Labute approximate surface area is 387 Å². The van der Waals surface area contributed by atoms with Crippen LogP contribution in [0.2, 0.25) is 0 Å². The average molecular weight is 926 g/mol. The first-order valence-corrected chi connectivity index (χ1v) is 24.4. The summed E-state index contributed by atoms with van der Waals surface area (Å²) in [6, 6.07) is 10.5. The van der Waals surface area contributed by atoms with Gasteiger partial charge in [-0.2, -0.15) is 0 Å². The van der Waals surface area contributed by atoms with Crippen LogP contribution >= 0.6 is 11.3 Å². The van der Waals surface area contributed by atoms with Gasteiger partial charge in [-0.15, -0.1) is 11.3 Å². The molecule has 0 bridgehead atoms. The molecule has 3 aliphatic heterocycles. The Balaban J connectivity index is 0.791. The van der Waals surface area contributed by atoms with Crippen molar-refractivity contribution in [2.45, 2.75) is 102 Å². The Morgan fingerprint density at radius 2 is 1.70 bits per heavy atom. The number of hydrogen-bond acceptors (Lipinski definition) is 12. The van der Waals surface area contributed by atoms with Gasteiger partial charge in [0.25, 0.3) is 11.8 Å². The van der Waals surface area contributed by atoms with E-state index >= 15 is 0 Å². The number of likely N-dealkylation sites (N-methyl/N-ethyl adjacent to an activating group) is 1. The lowest BCUT2D eigenvalue weighted by Gasteiger charge is -2.39. The topological polar surface area (TPSA) is 168 Å². The van der Waals surface area contributed by atoms with Crippen molar-refractivity contribution in [3.05, 3.63) is 71.3 Å². The molecule has 4 aliphatic rings. The molecule has 3 saturated heterocycles. The van der Waals surface area contributed by atoms with E-state index in [2.05, 4.69) is 25.7 Å². The predicted octanol–water partition coefficient (Wildman–Crippen LogP) is 5.45. The standard InChI is InChI=1S/C48H60FN9O7S/c1-31(50-2)46(60)52-44(32-7-4-3-5-8-32)48(62)56-22-20-55(21-23-56)47(61)40-26-33-25-34(49)10-11-39(33)58(40)29-43(59)57-17-6-9-35(57)30-63-42-27-37(65-53-42)28-54-18-13-36(14-19-54)64-41-12-16-51-38-15-24-66-45(38)41/h10-12,15-16,24-27,31-32,35-36,44,50H,3-9,13-14,17-23,28-30H2,1-2H3,(H,52,60)/t31?,35?,44-/m0/s1. The van der Waals surface area contributed by atoms with Gasteiger partial charge in [-0.3, -0.25) is 29.1 Å². The summed E-state index contributed by atoms with van der Waals surface area (Å²) in [5.74, 6) is 0.785. The molecule has 1 aromatic carbocycles. The van der Waals surface area contributed by atoms with Crippen molar-refractivity contribution in [1.29, 1.82) is 0 Å². The number of amides is 4. The number of likely N-dealkylation sites (tertiary alicyclic amines) is 2. The Hall–Kier alpha value is -5.59. The zero-order valence-corrected chi connectivity index (χ0v) is 38.6. The highest BCUT2D eigenvalue weighted by Gasteiger charge is 2.37. The first-order valence-electron chi connectivity index (χ1n) is 23.6. The van der Waals surface area contributed by atoms with Crippen LogP contribution in [0.1, 0.15) is 81.0 Å². The van der Waals surface area contributed by atoms with Crippen molar-refractivity contribution in [3.8, 4) is 11.6 Å². The summed E-state index contributed by atoms with van der Waals surface area (Å²) in [4.78, 5) is 67.5. The predicted molar refractivity (Wildman–Crippen MR) is 247 cm³/mol. The van der Waals surface area contributed by atoms with E-state index in [-0.39, 0.29) is 73.6 Å². The van der Waals surface area contributed by atoms with Gasteiger partial charge in [0.15, 0.2) is 5.76 Å². The van der Waals surface area contributed by atoms with Gasteiger partial charge in [-0.25, -0.2) is 4.39 Å². The summed E-state index contributed by atoms with van der Waals surface area (Å²) in [5, 5.41) is 12.7. The highest BCUT2D eigenvalue weighted by Crippen LogP contribution is 2.32. The van der Waals surface area contributed by atoms with Gasteiger partial charge in [-0.1, -0.05) is 19.3 Å². The molecule has 9 rings (SSSR count). The molecule has 3 atom stereocenters. The van der Waals surface area contributed by atoms with Crippen molar-refractivity contribution in [3.63, 3.8) is 0 Å². The molecule has 4 amide bonds. The number of rotatable bonds is 15. The number of ether oxygens (including phenoxy) is 2. The van der Waals surface area contributed by atoms with Gasteiger partial charge in [0, 0.05) is 69.0 Å². The monoisotopic (exact) mass is 925 g/mol. The number of carbonyl (C=O) groups is 4. The molecule has 16 nitrogen and oxygen atoms in total. The maximum Gasteiger partial charge on any atom is 0.270 e. The summed E-state index contributed by atoms with van der Waals surface area (Å²) >= 11 is 1.64. The van der Waals surface area contributed by atoms with Crippen LogP contribution in [0, 0.1) is 11.7 Å². The molecule has 2 unspecified atom stereocenters. The van der Waals surface area contributed by atoms with Crippen LogP contribution in [-0.2, 0) is 27.5 Å². The Bertz CT molecular complexity index is 2500. The largest absolute Gasteiger partial charge is 0.489 e. The molecule has 1 aliphatic carbocycles. The maximum absolute atomic E-state index is 14.5. The number of fused-ring (bicyclic) bond motifs is 2. The van der Waals surface area contributed by atoms with Crippen LogP contribution in [-0.4, -0.2) is 142 Å². The second-order valence-corrected chi connectivity index (χ2v) is 19.1. The van der Waals surface area contributed by atoms with Gasteiger partial charge in [0.05, 0.1) is 28.8 Å². The average Bonchev–Trinajstić information content (AvgIpc) is 4.18. The van der Waals surface area contributed by atoms with Crippen LogP contribution in [0.5, 0.6) is 11.6 Å². The summed E-state index contributed by atoms with van der Waals surface area (Å²) in [6.07, 6.45) is 10.2. The van der Waals surface area contributed by atoms with Gasteiger partial charge >= 0.3 is 0 Å². The minimum absolute atomic E-state index is 0.0625. The number of piperazine rings is 1. The number of nitrogens with one attached hydrogen (secondary N) is 2. The lowest BCUT2D eigenvalue weighted by atomic mass is 9.83. The molecule has 0 radical (unpaired) electrons. The first kappa shape index (κ1) is 45.6. The lowest BCUT2D eigenvalue weighted by molar-refractivity contribution is -0.140. The Morgan fingerprint density at radius 3 is 2.48 bits per heavy atom. The fourth-order valence-electron chi connectivity index (χ4n) is 10.0. The molecule has 5 aromatic rings. The van der Waals surface area contributed by atoms with E-state index < -0.39 is 17.9 Å². The number of piperidine rings is 1. The molecule has 4 fully saturated rings. The van der Waals surface area contributed by atoms with Crippen molar-refractivity contribution in [2.75, 3.05) is 59.5 Å². The zero-order chi connectivity index (χ0) is 45.7. The smallest absolute Gasteiger partial charge is 0.270 e. The number of carbonyl (C=O) groups excluding carboxylic acids is 4. The second kappa shape index (κ2) is 20.5. The van der Waals surface area contributed by atoms with E-state index in [1.165, 1.54) is 12.1 Å². The number of benzene rings is 1. The molecule has 352 valence electrons. The van der Waals surface area contributed by atoms with Crippen LogP contribution in [0.3, 0.4) is 0 Å². The summed E-state index contributed by atoms with van der Waals surface area (Å²) in [6.45, 7) is 5.92. The highest BCUT2D eigenvalue weighted by molar-refractivity contribution is 7.17. The van der Waals surface area contributed by atoms with Crippen molar-refractivity contribution < 1.29 is 37.6 Å². The highest BCUT2D eigenvalue weighted by atomic mass is 32.1. The van der Waals surface area contributed by atoms with Crippen molar-refractivity contribution >= 4 is 56.1 Å². The summed E-state index contributed by atoms with van der Waals surface area (Å²) in [7, 11) is 1.72. The third kappa shape index (κ3) is 10.2. The molecule has 66 heavy (non-hydrogen) atoms. The van der Waals surface area contributed by atoms with Crippen molar-refractivity contribution in [1.82, 2.24) is 44.9 Å². The van der Waals surface area contributed by atoms with Gasteiger partial charge in [0.2, 0.25) is 17.7 Å². The fourth-order valence-corrected chi connectivity index (χ4v) is 10.9. The summed E-state index contributed by atoms with van der Waals surface area (Å²) < 4.78 is 35.5. The zero-order valence-electron chi connectivity index (χ0n) is 37.8. The minimum Gasteiger partial charge on any atom is -0.489 e. The molecule has 7 heterocycles. The number of nitrogens with zero attached hydrogens (tertiary/aromatic N) is 7. The van der Waals surface area contributed by atoms with Crippen LogP contribution < -0.4 is 20.1 Å². The van der Waals surface area contributed by atoms with E-state index in [0.717, 1.165) is 86.8 Å². The third-order valence-corrected chi connectivity index (χ3v) is 14.9. The molecular formula is C48H60FN9O7S. The number of hydrogen-bond donors (Lipinski definition) is 2. The molecule has 2 N–H and O–H groups in total. The van der Waals surface area contributed by atoms with Gasteiger partial charge in [0.1, 0.15) is 42.6 Å². The number of halogens is 1. The Morgan fingerprint density at radius 1 is 0.909 bits per heavy atom. The van der Waals surface area contributed by atoms with Gasteiger partial charge in [-0.05, 0) is 105 Å². The molecule has 1 saturated carbocycles. The van der Waals surface area contributed by atoms with Crippen LogP contribution in [0.4, 0.5) is 4.39 Å². The van der Waals surface area contributed by atoms with Crippen LogP contribution in [0.25, 0.3) is 21.1 Å². The number of aromatic nitrogens is 3. The van der Waals surface area contributed by atoms with Crippen molar-refractivity contribution in [2.24, 2.45) is 5.92 Å².